The van der Waals surface area contributed by atoms with Crippen molar-refractivity contribution in [3.63, 3.8) is 0 Å². The van der Waals surface area contributed by atoms with Crippen molar-refractivity contribution in [2.45, 2.75) is 55.3 Å². The van der Waals surface area contributed by atoms with Crippen LogP contribution >= 0.6 is 17.0 Å². The molecule has 2 aromatic rings. The zero-order valence-corrected chi connectivity index (χ0v) is 21.9. The van der Waals surface area contributed by atoms with Gasteiger partial charge in [-0.05, 0) is 66.0 Å². The molecular formula is C26H32BrFN2O3S. The van der Waals surface area contributed by atoms with Crippen molar-refractivity contribution in [2.24, 2.45) is 11.8 Å². The minimum absolute atomic E-state index is 0. The molecule has 184 valence electrons. The number of fused-ring (bicyclic) bond motifs is 2. The van der Waals surface area contributed by atoms with Gasteiger partial charge >= 0.3 is 0 Å². The van der Waals surface area contributed by atoms with E-state index in [0.717, 1.165) is 19.5 Å². The van der Waals surface area contributed by atoms with Gasteiger partial charge in [-0.3, -0.25) is 9.62 Å². The van der Waals surface area contributed by atoms with E-state index in [-0.39, 0.29) is 33.5 Å². The summed E-state index contributed by atoms with van der Waals surface area (Å²) >= 11 is 0. The number of sulfonamides is 1. The Bertz CT molecular complexity index is 1180. The highest BCUT2D eigenvalue weighted by molar-refractivity contribution is 8.93. The van der Waals surface area contributed by atoms with E-state index in [4.69, 9.17) is 0 Å². The molecule has 0 unspecified atom stereocenters. The van der Waals surface area contributed by atoms with Crippen LogP contribution in [0.2, 0.25) is 0 Å². The Labute approximate surface area is 211 Å². The molecule has 6 rings (SSSR count). The topological polar surface area (TPSA) is 69.6 Å². The maximum Gasteiger partial charge on any atom is 0.235 e. The van der Waals surface area contributed by atoms with Crippen LogP contribution in [0.1, 0.15) is 42.9 Å². The average Bonchev–Trinajstić information content (AvgIpc) is 3.64. The Morgan fingerprint density at radius 1 is 1.09 bits per heavy atom. The third kappa shape index (κ3) is 3.91. The number of piperidine rings is 1. The van der Waals surface area contributed by atoms with Crippen LogP contribution in [0.3, 0.4) is 0 Å². The van der Waals surface area contributed by atoms with E-state index in [2.05, 4.69) is 28.7 Å². The zero-order chi connectivity index (χ0) is 23.0. The second-order valence-electron chi connectivity index (χ2n) is 10.7. The molecule has 2 N–H and O–H groups in total. The minimum atomic E-state index is -3.38. The van der Waals surface area contributed by atoms with Crippen molar-refractivity contribution in [2.75, 3.05) is 24.4 Å². The van der Waals surface area contributed by atoms with Crippen molar-refractivity contribution in [3.05, 3.63) is 65.0 Å². The first kappa shape index (κ1) is 24.2. The maximum absolute atomic E-state index is 15.0. The van der Waals surface area contributed by atoms with Crippen molar-refractivity contribution in [3.8, 4) is 0 Å². The molecule has 2 aromatic carbocycles. The van der Waals surface area contributed by atoms with Gasteiger partial charge in [0.25, 0.3) is 0 Å². The van der Waals surface area contributed by atoms with Crippen LogP contribution in [0.5, 0.6) is 0 Å². The molecule has 4 aliphatic rings. The monoisotopic (exact) mass is 550 g/mol. The molecule has 34 heavy (non-hydrogen) atoms. The van der Waals surface area contributed by atoms with Crippen LogP contribution in [-0.2, 0) is 28.3 Å². The molecular weight excluding hydrogens is 519 g/mol. The number of benzene rings is 2. The third-order valence-corrected chi connectivity index (χ3v) is 10.4. The van der Waals surface area contributed by atoms with Crippen LogP contribution in [-0.4, -0.2) is 48.9 Å². The summed E-state index contributed by atoms with van der Waals surface area (Å²) in [7, 11) is -3.38. The van der Waals surface area contributed by atoms with Gasteiger partial charge in [-0.15, -0.1) is 17.0 Å². The number of likely N-dealkylation sites (tertiary alicyclic amines) is 1. The Morgan fingerprint density at radius 3 is 2.26 bits per heavy atom. The standard InChI is InChI=1S/C26H31FN2O3S.BrH/c1-2-26(21-11-19(7-10-24(21)27)28-33(31,32)20-8-9-20)22-14-29(15-23(22)26)16-25(30)12-17-5-3-4-6-18(17)13-25;/h3-7,10-11,20,22-23,28,30H,2,8-9,12-16H2,1H3;1H/t22-,23+,26-;. The summed E-state index contributed by atoms with van der Waals surface area (Å²) in [5.41, 5.74) is 2.60. The summed E-state index contributed by atoms with van der Waals surface area (Å²) in [5, 5.41) is 10.9. The lowest BCUT2D eigenvalue weighted by Crippen LogP contribution is -2.45. The molecule has 0 aromatic heterocycles. The predicted octanol–water partition coefficient (Wildman–Crippen LogP) is 4.05. The summed E-state index contributed by atoms with van der Waals surface area (Å²) in [5.74, 6) is 0.413. The molecule has 1 heterocycles. The van der Waals surface area contributed by atoms with Gasteiger partial charge in [0.05, 0.1) is 10.9 Å². The van der Waals surface area contributed by atoms with Gasteiger partial charge in [-0.2, -0.15) is 0 Å². The van der Waals surface area contributed by atoms with Crippen LogP contribution in [0.4, 0.5) is 10.1 Å². The first-order valence-corrected chi connectivity index (χ1v) is 13.6. The van der Waals surface area contributed by atoms with Gasteiger partial charge in [0, 0.05) is 43.6 Å². The van der Waals surface area contributed by atoms with Gasteiger partial charge in [-0.1, -0.05) is 31.2 Å². The Morgan fingerprint density at radius 2 is 1.71 bits per heavy atom. The lowest BCUT2D eigenvalue weighted by atomic mass is 9.86. The molecule has 3 atom stereocenters. The molecule has 3 aliphatic carbocycles. The number of β-amino-alcohol motifs (C(OH)–C–C–N with tert-alkyl or cyclic N) is 1. The molecule has 8 heteroatoms. The molecule has 3 fully saturated rings. The highest BCUT2D eigenvalue weighted by Crippen LogP contribution is 2.66. The van der Waals surface area contributed by atoms with Gasteiger partial charge in [0.15, 0.2) is 0 Å². The number of nitrogens with one attached hydrogen (secondary N) is 1. The summed E-state index contributed by atoms with van der Waals surface area (Å²) in [6.45, 7) is 4.42. The Balaban J connectivity index is 0.00000241. The van der Waals surface area contributed by atoms with Crippen LogP contribution in [0.25, 0.3) is 0 Å². The number of anilines is 1. The van der Waals surface area contributed by atoms with Crippen LogP contribution in [0, 0.1) is 17.7 Å². The van der Waals surface area contributed by atoms with Crippen molar-refractivity contribution >= 4 is 32.7 Å². The van der Waals surface area contributed by atoms with E-state index in [1.54, 1.807) is 6.07 Å². The van der Waals surface area contributed by atoms with E-state index in [0.29, 0.717) is 55.3 Å². The van der Waals surface area contributed by atoms with E-state index in [1.807, 2.05) is 12.1 Å². The highest BCUT2D eigenvalue weighted by Gasteiger charge is 2.68. The zero-order valence-electron chi connectivity index (χ0n) is 19.3. The van der Waals surface area contributed by atoms with E-state index in [1.165, 1.54) is 23.3 Å². The summed E-state index contributed by atoms with van der Waals surface area (Å²) in [4.78, 5) is 2.34. The first-order valence-electron chi connectivity index (χ1n) is 12.1. The Kier molecular flexibility index (Phi) is 5.90. The van der Waals surface area contributed by atoms with E-state index >= 15 is 4.39 Å². The van der Waals surface area contributed by atoms with Crippen molar-refractivity contribution in [1.82, 2.24) is 4.90 Å². The molecule has 5 nitrogen and oxygen atoms in total. The first-order chi connectivity index (χ1) is 15.7. The quantitative estimate of drug-likeness (QED) is 0.545. The molecule has 1 saturated heterocycles. The SMILES string of the molecule is Br.CC[C@@]1(c2cc(NS(=O)(=O)C3CC3)ccc2F)[C@@H]2CN(CC3(O)Cc4ccccc4C3)C[C@@H]21. The maximum atomic E-state index is 15.0. The summed E-state index contributed by atoms with van der Waals surface area (Å²) < 4.78 is 42.4. The van der Waals surface area contributed by atoms with Crippen LogP contribution < -0.4 is 4.72 Å². The molecule has 0 bridgehead atoms. The van der Waals surface area contributed by atoms with Gasteiger partial charge < -0.3 is 5.11 Å². The van der Waals surface area contributed by atoms with Crippen molar-refractivity contribution in [1.29, 1.82) is 0 Å². The smallest absolute Gasteiger partial charge is 0.235 e. The Hall–Kier alpha value is -1.48. The average molecular weight is 552 g/mol. The molecule has 0 spiro atoms. The van der Waals surface area contributed by atoms with E-state index < -0.39 is 15.6 Å². The fourth-order valence-corrected chi connectivity index (χ4v) is 8.21. The molecule has 0 radical (unpaired) electrons. The number of hydrogen-bond donors (Lipinski definition) is 2. The summed E-state index contributed by atoms with van der Waals surface area (Å²) in [6.07, 6.45) is 3.58. The van der Waals surface area contributed by atoms with E-state index in [9.17, 15) is 13.5 Å². The van der Waals surface area contributed by atoms with Crippen molar-refractivity contribution < 1.29 is 17.9 Å². The largest absolute Gasteiger partial charge is 0.388 e. The number of hydrogen-bond acceptors (Lipinski definition) is 4. The molecule has 2 saturated carbocycles. The number of aliphatic hydroxyl groups is 1. The number of nitrogens with zero attached hydrogens (tertiary/aromatic N) is 1. The summed E-state index contributed by atoms with van der Waals surface area (Å²) in [6, 6.07) is 12.9. The van der Waals surface area contributed by atoms with Crippen LogP contribution in [0.15, 0.2) is 42.5 Å². The third-order valence-electron chi connectivity index (χ3n) is 8.56. The van der Waals surface area contributed by atoms with Gasteiger partial charge in [-0.25, -0.2) is 12.8 Å². The fraction of sp³-hybridized carbons (Fsp3) is 0.538. The number of halogens is 2. The minimum Gasteiger partial charge on any atom is -0.388 e. The number of rotatable bonds is 7. The molecule has 0 amide bonds. The normalized spacial score (nSPS) is 29.3. The lowest BCUT2D eigenvalue weighted by Gasteiger charge is -2.32. The molecule has 1 aliphatic heterocycles. The lowest BCUT2D eigenvalue weighted by molar-refractivity contribution is 0.0138. The second-order valence-corrected chi connectivity index (χ2v) is 12.6. The van der Waals surface area contributed by atoms with Gasteiger partial charge in [0.1, 0.15) is 5.82 Å². The highest BCUT2D eigenvalue weighted by atomic mass is 79.9. The predicted molar refractivity (Wildman–Crippen MR) is 136 cm³/mol. The fourth-order valence-electron chi connectivity index (χ4n) is 6.83. The second kappa shape index (κ2) is 8.29. The van der Waals surface area contributed by atoms with Gasteiger partial charge in [0.2, 0.25) is 10.0 Å².